The fourth-order valence-electron chi connectivity index (χ4n) is 1.83. The molecule has 0 unspecified atom stereocenters. The maximum atomic E-state index is 5.87. The van der Waals surface area contributed by atoms with Crippen LogP contribution in [0.25, 0.3) is 11.1 Å². The molecule has 0 amide bonds. The van der Waals surface area contributed by atoms with E-state index in [2.05, 4.69) is 0 Å². The van der Waals surface area contributed by atoms with E-state index in [4.69, 9.17) is 21.1 Å². The van der Waals surface area contributed by atoms with Gasteiger partial charge in [-0.15, -0.1) is 11.6 Å². The van der Waals surface area contributed by atoms with E-state index in [-0.39, 0.29) is 0 Å². The molecule has 2 nitrogen and oxygen atoms in total. The van der Waals surface area contributed by atoms with E-state index in [1.54, 1.807) is 14.2 Å². The molecule has 0 N–H and O–H groups in total. The fourth-order valence-corrected chi connectivity index (χ4v) is 2.00. The van der Waals surface area contributed by atoms with E-state index >= 15 is 0 Å². The van der Waals surface area contributed by atoms with Gasteiger partial charge in [0.25, 0.3) is 0 Å². The molecule has 2 rings (SSSR count). The smallest absolute Gasteiger partial charge is 0.126 e. The molecular formula is C15H15ClO2. The number of benzene rings is 2. The van der Waals surface area contributed by atoms with Crippen molar-refractivity contribution < 1.29 is 9.47 Å². The van der Waals surface area contributed by atoms with Gasteiger partial charge in [-0.1, -0.05) is 18.2 Å². The Kier molecular flexibility index (Phi) is 4.11. The van der Waals surface area contributed by atoms with Gasteiger partial charge in [-0.25, -0.2) is 0 Å². The molecule has 0 radical (unpaired) electrons. The Morgan fingerprint density at radius 3 is 2.22 bits per heavy atom. The summed E-state index contributed by atoms with van der Waals surface area (Å²) >= 11 is 5.87. The van der Waals surface area contributed by atoms with Crippen molar-refractivity contribution in [3.8, 4) is 22.6 Å². The summed E-state index contributed by atoms with van der Waals surface area (Å²) in [6.45, 7) is 0. The van der Waals surface area contributed by atoms with Crippen LogP contribution in [0.5, 0.6) is 11.5 Å². The minimum Gasteiger partial charge on any atom is -0.497 e. The summed E-state index contributed by atoms with van der Waals surface area (Å²) in [4.78, 5) is 0. The summed E-state index contributed by atoms with van der Waals surface area (Å²) in [5.41, 5.74) is 3.20. The first-order valence-electron chi connectivity index (χ1n) is 5.65. The third kappa shape index (κ3) is 2.59. The maximum Gasteiger partial charge on any atom is 0.126 e. The zero-order valence-electron chi connectivity index (χ0n) is 10.4. The number of hydrogen-bond donors (Lipinski definition) is 0. The minimum absolute atomic E-state index is 0.493. The first-order valence-corrected chi connectivity index (χ1v) is 6.19. The summed E-state index contributed by atoms with van der Waals surface area (Å²) in [6.07, 6.45) is 0. The summed E-state index contributed by atoms with van der Waals surface area (Å²) in [5, 5.41) is 0. The predicted octanol–water partition coefficient (Wildman–Crippen LogP) is 4.11. The first-order chi connectivity index (χ1) is 8.78. The summed E-state index contributed by atoms with van der Waals surface area (Å²) in [7, 11) is 3.33. The maximum absolute atomic E-state index is 5.87. The number of rotatable bonds is 4. The zero-order valence-corrected chi connectivity index (χ0v) is 11.2. The largest absolute Gasteiger partial charge is 0.497 e. The lowest BCUT2D eigenvalue weighted by Crippen LogP contribution is -1.90. The molecule has 2 aromatic carbocycles. The Bertz CT molecular complexity index is 521. The second-order valence-corrected chi connectivity index (χ2v) is 4.16. The van der Waals surface area contributed by atoms with Crippen molar-refractivity contribution in [2.45, 2.75) is 5.88 Å². The molecule has 2 aromatic rings. The van der Waals surface area contributed by atoms with Gasteiger partial charge in [0.05, 0.1) is 14.2 Å². The Morgan fingerprint density at radius 2 is 1.67 bits per heavy atom. The third-order valence-electron chi connectivity index (χ3n) is 2.82. The van der Waals surface area contributed by atoms with Gasteiger partial charge < -0.3 is 9.47 Å². The van der Waals surface area contributed by atoms with Crippen LogP contribution in [0.1, 0.15) is 5.56 Å². The van der Waals surface area contributed by atoms with E-state index < -0.39 is 0 Å². The quantitative estimate of drug-likeness (QED) is 0.772. The summed E-state index contributed by atoms with van der Waals surface area (Å²) in [6, 6.07) is 13.8. The SMILES string of the molecule is COc1ccc(-c2cc(CCl)ccc2OC)cc1. The van der Waals surface area contributed by atoms with Crippen molar-refractivity contribution in [3.63, 3.8) is 0 Å². The molecule has 0 atom stereocenters. The Morgan fingerprint density at radius 1 is 0.944 bits per heavy atom. The van der Waals surface area contributed by atoms with Crippen molar-refractivity contribution in [1.29, 1.82) is 0 Å². The summed E-state index contributed by atoms with van der Waals surface area (Å²) < 4.78 is 10.5. The first kappa shape index (κ1) is 12.8. The molecule has 0 heterocycles. The van der Waals surface area contributed by atoms with Crippen molar-refractivity contribution in [3.05, 3.63) is 48.0 Å². The Labute approximate surface area is 112 Å². The van der Waals surface area contributed by atoms with Crippen LogP contribution in [0.15, 0.2) is 42.5 Å². The standard InChI is InChI=1S/C15H15ClO2/c1-17-13-6-4-12(5-7-13)14-9-11(10-16)3-8-15(14)18-2/h3-9H,10H2,1-2H3. The van der Waals surface area contributed by atoms with Gasteiger partial charge in [0.1, 0.15) is 11.5 Å². The van der Waals surface area contributed by atoms with Crippen LogP contribution in [0.2, 0.25) is 0 Å². The van der Waals surface area contributed by atoms with Gasteiger partial charge in [0.15, 0.2) is 0 Å². The number of alkyl halides is 1. The molecule has 18 heavy (non-hydrogen) atoms. The monoisotopic (exact) mass is 262 g/mol. The van der Waals surface area contributed by atoms with Crippen LogP contribution >= 0.6 is 11.6 Å². The van der Waals surface area contributed by atoms with Gasteiger partial charge in [0.2, 0.25) is 0 Å². The molecule has 0 saturated heterocycles. The minimum atomic E-state index is 0.493. The van der Waals surface area contributed by atoms with Crippen molar-refractivity contribution in [1.82, 2.24) is 0 Å². The van der Waals surface area contributed by atoms with E-state index in [0.29, 0.717) is 5.88 Å². The highest BCUT2D eigenvalue weighted by Gasteiger charge is 2.07. The van der Waals surface area contributed by atoms with Gasteiger partial charge in [0, 0.05) is 11.4 Å². The van der Waals surface area contributed by atoms with Crippen molar-refractivity contribution in [2.24, 2.45) is 0 Å². The van der Waals surface area contributed by atoms with Crippen LogP contribution in [0, 0.1) is 0 Å². The summed E-state index contributed by atoms with van der Waals surface area (Å²) in [5.74, 6) is 2.17. The molecule has 94 valence electrons. The van der Waals surface area contributed by atoms with Gasteiger partial charge in [-0.05, 0) is 35.4 Å². The van der Waals surface area contributed by atoms with E-state index in [0.717, 1.165) is 28.2 Å². The molecular weight excluding hydrogens is 248 g/mol. The second kappa shape index (κ2) is 5.78. The highest BCUT2D eigenvalue weighted by molar-refractivity contribution is 6.17. The van der Waals surface area contributed by atoms with Crippen LogP contribution < -0.4 is 9.47 Å². The van der Waals surface area contributed by atoms with E-state index in [9.17, 15) is 0 Å². The molecule has 0 aliphatic carbocycles. The van der Waals surface area contributed by atoms with Gasteiger partial charge in [-0.2, -0.15) is 0 Å². The van der Waals surface area contributed by atoms with Crippen molar-refractivity contribution in [2.75, 3.05) is 14.2 Å². The van der Waals surface area contributed by atoms with Crippen LogP contribution in [0.3, 0.4) is 0 Å². The average Bonchev–Trinajstić information content (AvgIpc) is 2.46. The lowest BCUT2D eigenvalue weighted by Gasteiger charge is -2.10. The van der Waals surface area contributed by atoms with Crippen LogP contribution in [-0.2, 0) is 5.88 Å². The average molecular weight is 263 g/mol. The Hall–Kier alpha value is -1.67. The van der Waals surface area contributed by atoms with E-state index in [1.165, 1.54) is 0 Å². The highest BCUT2D eigenvalue weighted by atomic mass is 35.5. The molecule has 0 aromatic heterocycles. The highest BCUT2D eigenvalue weighted by Crippen LogP contribution is 2.32. The molecule has 0 fully saturated rings. The predicted molar refractivity (Wildman–Crippen MR) is 74.5 cm³/mol. The van der Waals surface area contributed by atoms with Gasteiger partial charge in [-0.3, -0.25) is 0 Å². The molecule has 0 spiro atoms. The number of ether oxygens (including phenoxy) is 2. The normalized spacial score (nSPS) is 10.2. The molecule has 3 heteroatoms. The third-order valence-corrected chi connectivity index (χ3v) is 3.13. The van der Waals surface area contributed by atoms with E-state index in [1.807, 2.05) is 42.5 Å². The molecule has 0 saturated carbocycles. The second-order valence-electron chi connectivity index (χ2n) is 3.90. The molecule has 0 bridgehead atoms. The zero-order chi connectivity index (χ0) is 13.0. The lowest BCUT2D eigenvalue weighted by atomic mass is 10.0. The Balaban J connectivity index is 2.46. The number of halogens is 1. The van der Waals surface area contributed by atoms with Crippen molar-refractivity contribution >= 4 is 11.6 Å². The fraction of sp³-hybridized carbons (Fsp3) is 0.200. The van der Waals surface area contributed by atoms with Crippen LogP contribution in [0.4, 0.5) is 0 Å². The lowest BCUT2D eigenvalue weighted by molar-refractivity contribution is 0.414. The number of methoxy groups -OCH3 is 2. The topological polar surface area (TPSA) is 18.5 Å². The molecule has 0 aliphatic rings. The molecule has 0 aliphatic heterocycles. The number of hydrogen-bond acceptors (Lipinski definition) is 2. The van der Waals surface area contributed by atoms with Gasteiger partial charge >= 0.3 is 0 Å². The van der Waals surface area contributed by atoms with Crippen LogP contribution in [-0.4, -0.2) is 14.2 Å².